The minimum Gasteiger partial charge on any atom is -0.494 e. The maximum Gasteiger partial charge on any atom is 0.298 e. The van der Waals surface area contributed by atoms with Crippen molar-refractivity contribution in [3.8, 4) is 0 Å². The monoisotopic (exact) mass is 411 g/mol. The first-order valence-corrected chi connectivity index (χ1v) is 9.13. The normalized spacial score (nSPS) is 14.2. The van der Waals surface area contributed by atoms with Gasteiger partial charge in [-0.1, -0.05) is 27.3 Å². The van der Waals surface area contributed by atoms with Crippen LogP contribution in [0.3, 0.4) is 0 Å². The molecule has 3 rings (SSSR count). The van der Waals surface area contributed by atoms with E-state index in [0.717, 1.165) is 21.2 Å². The number of fused-ring (bicyclic) bond motifs is 1. The minimum atomic E-state index is -0.227. The molecule has 24 heavy (non-hydrogen) atoms. The Balaban J connectivity index is 1.92. The van der Waals surface area contributed by atoms with E-state index in [0.29, 0.717) is 24.9 Å². The summed E-state index contributed by atoms with van der Waals surface area (Å²) in [7, 11) is 3.94. The van der Waals surface area contributed by atoms with E-state index < -0.39 is 0 Å². The molecule has 0 saturated carbocycles. The third-order valence-corrected chi connectivity index (χ3v) is 4.98. The topological polar surface area (TPSA) is 54.9 Å². The summed E-state index contributed by atoms with van der Waals surface area (Å²) in [6.45, 7) is 2.09. The van der Waals surface area contributed by atoms with Crippen molar-refractivity contribution < 1.29 is 14.3 Å². The van der Waals surface area contributed by atoms with Crippen molar-refractivity contribution in [1.82, 2.24) is 9.88 Å². The highest BCUT2D eigenvalue weighted by Crippen LogP contribution is 2.31. The third-order valence-electron chi connectivity index (χ3n) is 3.45. The Bertz CT molecular complexity index is 775. The number of aromatic nitrogens is 1. The molecule has 6 nitrogen and oxygen atoms in total. The number of amides is 1. The van der Waals surface area contributed by atoms with Crippen LogP contribution in [0.2, 0.25) is 0 Å². The molecular formula is C16H18BrN3O3S. The second-order valence-corrected chi connectivity index (χ2v) is 7.49. The number of thiazole rings is 1. The van der Waals surface area contributed by atoms with Crippen LogP contribution in [-0.4, -0.2) is 56.2 Å². The molecule has 0 fully saturated rings. The van der Waals surface area contributed by atoms with Crippen LogP contribution in [0.15, 0.2) is 34.7 Å². The first-order valence-electron chi connectivity index (χ1n) is 7.52. The molecule has 2 heterocycles. The van der Waals surface area contributed by atoms with Gasteiger partial charge in [-0.2, -0.15) is 0 Å². The molecule has 0 unspecified atom stereocenters. The second kappa shape index (κ2) is 7.50. The molecular weight excluding hydrogens is 394 g/mol. The lowest BCUT2D eigenvalue weighted by Crippen LogP contribution is -2.38. The average molecular weight is 412 g/mol. The van der Waals surface area contributed by atoms with Gasteiger partial charge in [-0.15, -0.1) is 0 Å². The van der Waals surface area contributed by atoms with Crippen LogP contribution < -0.4 is 4.90 Å². The molecule has 1 aliphatic rings. The zero-order valence-electron chi connectivity index (χ0n) is 13.5. The number of carbonyl (C=O) groups is 1. The number of anilines is 1. The lowest BCUT2D eigenvalue weighted by atomic mass is 10.3. The Labute approximate surface area is 152 Å². The largest absolute Gasteiger partial charge is 0.494 e. The third kappa shape index (κ3) is 3.88. The lowest BCUT2D eigenvalue weighted by molar-refractivity contribution is -0.119. The Morgan fingerprint density at radius 2 is 2.17 bits per heavy atom. The van der Waals surface area contributed by atoms with Crippen molar-refractivity contribution in [3.05, 3.63) is 34.7 Å². The zero-order valence-corrected chi connectivity index (χ0v) is 15.9. The van der Waals surface area contributed by atoms with Crippen LogP contribution in [0.1, 0.15) is 0 Å². The number of carbonyl (C=O) groups excluding carboxylic acids is 1. The van der Waals surface area contributed by atoms with E-state index in [-0.39, 0.29) is 11.7 Å². The number of halogens is 1. The van der Waals surface area contributed by atoms with Crippen LogP contribution in [0.5, 0.6) is 0 Å². The van der Waals surface area contributed by atoms with Crippen molar-refractivity contribution >= 4 is 48.5 Å². The van der Waals surface area contributed by atoms with Gasteiger partial charge in [0.2, 0.25) is 5.76 Å². The fraction of sp³-hybridized carbons (Fsp3) is 0.375. The summed E-state index contributed by atoms with van der Waals surface area (Å²) in [5.74, 6) is -0.00452. The average Bonchev–Trinajstić information content (AvgIpc) is 2.98. The van der Waals surface area contributed by atoms with Gasteiger partial charge in [-0.3, -0.25) is 9.69 Å². The van der Waals surface area contributed by atoms with E-state index in [1.807, 2.05) is 37.2 Å². The van der Waals surface area contributed by atoms with Crippen molar-refractivity contribution in [3.63, 3.8) is 0 Å². The molecule has 1 aliphatic heterocycles. The van der Waals surface area contributed by atoms with Gasteiger partial charge in [-0.25, -0.2) is 4.98 Å². The molecule has 2 aromatic rings. The fourth-order valence-corrected chi connectivity index (χ4v) is 3.74. The molecule has 0 saturated heterocycles. The van der Waals surface area contributed by atoms with Crippen molar-refractivity contribution in [2.75, 3.05) is 45.3 Å². The highest BCUT2D eigenvalue weighted by Gasteiger charge is 2.26. The predicted octanol–water partition coefficient (Wildman–Crippen LogP) is 2.84. The van der Waals surface area contributed by atoms with E-state index in [9.17, 15) is 4.79 Å². The quantitative estimate of drug-likeness (QED) is 0.756. The van der Waals surface area contributed by atoms with E-state index >= 15 is 0 Å². The smallest absolute Gasteiger partial charge is 0.298 e. The fourth-order valence-electron chi connectivity index (χ4n) is 2.20. The summed E-state index contributed by atoms with van der Waals surface area (Å²) in [5.41, 5.74) is 0.871. The van der Waals surface area contributed by atoms with Gasteiger partial charge in [0, 0.05) is 17.6 Å². The molecule has 8 heteroatoms. The molecule has 128 valence electrons. The van der Waals surface area contributed by atoms with Crippen LogP contribution in [0.4, 0.5) is 5.13 Å². The summed E-state index contributed by atoms with van der Waals surface area (Å²) in [6.07, 6.45) is 1.39. The maximum absolute atomic E-state index is 12.8. The number of rotatable bonds is 5. The van der Waals surface area contributed by atoms with Crippen molar-refractivity contribution in [2.24, 2.45) is 0 Å². The molecule has 0 spiro atoms. The number of likely N-dealkylation sites (N-methyl/N-ethyl adjacent to an activating group) is 1. The molecule has 0 atom stereocenters. The van der Waals surface area contributed by atoms with E-state index in [1.54, 1.807) is 4.90 Å². The lowest BCUT2D eigenvalue weighted by Gasteiger charge is -2.24. The van der Waals surface area contributed by atoms with Gasteiger partial charge in [0.25, 0.3) is 5.91 Å². The Morgan fingerprint density at radius 3 is 2.88 bits per heavy atom. The Hall–Kier alpha value is -1.64. The Morgan fingerprint density at radius 1 is 1.33 bits per heavy atom. The SMILES string of the molecule is CN(C)CCN(C(=O)C1=COCCO1)c1nc2ccc(Br)cc2s1. The first kappa shape index (κ1) is 17.2. The molecule has 1 amide bonds. The summed E-state index contributed by atoms with van der Waals surface area (Å²) in [4.78, 5) is 21.1. The summed E-state index contributed by atoms with van der Waals surface area (Å²) < 4.78 is 12.7. The van der Waals surface area contributed by atoms with Crippen LogP contribution in [-0.2, 0) is 14.3 Å². The van der Waals surface area contributed by atoms with E-state index in [1.165, 1.54) is 17.6 Å². The number of hydrogen-bond donors (Lipinski definition) is 0. The highest BCUT2D eigenvalue weighted by molar-refractivity contribution is 9.10. The van der Waals surface area contributed by atoms with Crippen LogP contribution in [0, 0.1) is 0 Å². The molecule has 1 aromatic carbocycles. The van der Waals surface area contributed by atoms with Crippen LogP contribution >= 0.6 is 27.3 Å². The number of nitrogens with zero attached hydrogens (tertiary/aromatic N) is 3. The first-order chi connectivity index (χ1) is 11.5. The van der Waals surface area contributed by atoms with Crippen molar-refractivity contribution in [1.29, 1.82) is 0 Å². The number of benzene rings is 1. The standard InChI is InChI=1S/C16H18BrN3O3S/c1-19(2)5-6-20(15(21)13-10-22-7-8-23-13)16-18-12-4-3-11(17)9-14(12)24-16/h3-4,9-10H,5-8H2,1-2H3. The molecule has 0 bridgehead atoms. The van der Waals surface area contributed by atoms with E-state index in [4.69, 9.17) is 9.47 Å². The molecule has 0 radical (unpaired) electrons. The maximum atomic E-state index is 12.8. The zero-order chi connectivity index (χ0) is 17.1. The van der Waals surface area contributed by atoms with Gasteiger partial charge in [-0.05, 0) is 32.3 Å². The second-order valence-electron chi connectivity index (χ2n) is 5.57. The van der Waals surface area contributed by atoms with Crippen LogP contribution in [0.25, 0.3) is 10.2 Å². The number of ether oxygens (including phenoxy) is 2. The molecule has 0 N–H and O–H groups in total. The highest BCUT2D eigenvalue weighted by atomic mass is 79.9. The summed E-state index contributed by atoms with van der Waals surface area (Å²) >= 11 is 4.95. The number of hydrogen-bond acceptors (Lipinski definition) is 6. The molecule has 0 aliphatic carbocycles. The van der Waals surface area contributed by atoms with Gasteiger partial charge in [0.05, 0.1) is 10.2 Å². The summed E-state index contributed by atoms with van der Waals surface area (Å²) in [5, 5.41) is 0.657. The van der Waals surface area contributed by atoms with Gasteiger partial charge < -0.3 is 14.4 Å². The minimum absolute atomic E-state index is 0.223. The predicted molar refractivity (Wildman–Crippen MR) is 98.2 cm³/mol. The van der Waals surface area contributed by atoms with Gasteiger partial charge >= 0.3 is 0 Å². The Kier molecular flexibility index (Phi) is 5.37. The van der Waals surface area contributed by atoms with Gasteiger partial charge in [0.1, 0.15) is 19.5 Å². The van der Waals surface area contributed by atoms with E-state index in [2.05, 4.69) is 20.9 Å². The van der Waals surface area contributed by atoms with Gasteiger partial charge in [0.15, 0.2) is 5.13 Å². The molecule has 1 aromatic heterocycles. The summed E-state index contributed by atoms with van der Waals surface area (Å²) in [6, 6.07) is 5.89. The van der Waals surface area contributed by atoms with Crippen molar-refractivity contribution in [2.45, 2.75) is 0 Å².